The molecule has 0 N–H and O–H groups in total. The first-order valence-corrected chi connectivity index (χ1v) is 10.5. The number of carbonyl (C=O) groups excluding carboxylic acids is 1. The van der Waals surface area contributed by atoms with E-state index in [0.29, 0.717) is 24.9 Å². The zero-order valence-corrected chi connectivity index (χ0v) is 18.3. The molecule has 3 rings (SSSR count). The Balaban J connectivity index is 1.52. The summed E-state index contributed by atoms with van der Waals surface area (Å²) in [5.74, 6) is 0.536. The Morgan fingerprint density at radius 3 is 2.27 bits per heavy atom. The first-order chi connectivity index (χ1) is 14.2. The average Bonchev–Trinajstić information content (AvgIpc) is 2.72. The van der Waals surface area contributed by atoms with Crippen LogP contribution in [0.5, 0.6) is 5.75 Å². The molecule has 1 aromatic carbocycles. The van der Waals surface area contributed by atoms with Crippen LogP contribution in [0.15, 0.2) is 18.2 Å². The van der Waals surface area contributed by atoms with Crippen molar-refractivity contribution in [1.82, 2.24) is 9.80 Å². The minimum absolute atomic E-state index is 0.0355. The number of hydrogen-bond acceptors (Lipinski definition) is 7. The van der Waals surface area contributed by atoms with E-state index in [4.69, 9.17) is 9.47 Å². The van der Waals surface area contributed by atoms with Gasteiger partial charge in [0, 0.05) is 51.4 Å². The van der Waals surface area contributed by atoms with Crippen LogP contribution >= 0.6 is 0 Å². The Kier molecular flexibility index (Phi) is 6.70. The molecule has 0 bridgehead atoms. The van der Waals surface area contributed by atoms with E-state index in [1.54, 1.807) is 18.1 Å². The standard InChI is InChI=1S/C21H32N4O5/c1-21(2,3)30-20(26)24-13-11-22(12-14-24)16-7-9-23(10-8-16)18-6-5-17(25(27)28)15-19(18)29-4/h5-6,15-16H,7-14H2,1-4H3. The van der Waals surface area contributed by atoms with E-state index in [9.17, 15) is 14.9 Å². The molecule has 2 fully saturated rings. The molecule has 1 aromatic rings. The Labute approximate surface area is 177 Å². The van der Waals surface area contributed by atoms with Crippen LogP contribution in [0, 0.1) is 10.1 Å². The van der Waals surface area contributed by atoms with E-state index in [1.165, 1.54) is 12.1 Å². The molecule has 0 spiro atoms. The van der Waals surface area contributed by atoms with Crippen molar-refractivity contribution in [2.75, 3.05) is 51.3 Å². The summed E-state index contributed by atoms with van der Waals surface area (Å²) in [6, 6.07) is 5.26. The highest BCUT2D eigenvalue weighted by Gasteiger charge is 2.31. The van der Waals surface area contributed by atoms with Gasteiger partial charge in [0.25, 0.3) is 5.69 Å². The Hall–Kier alpha value is -2.55. The van der Waals surface area contributed by atoms with Gasteiger partial charge in [-0.2, -0.15) is 0 Å². The van der Waals surface area contributed by atoms with Gasteiger partial charge >= 0.3 is 6.09 Å². The molecule has 9 heteroatoms. The van der Waals surface area contributed by atoms with Crippen LogP contribution in [0.25, 0.3) is 0 Å². The van der Waals surface area contributed by atoms with Gasteiger partial charge in [-0.1, -0.05) is 0 Å². The fourth-order valence-corrected chi connectivity index (χ4v) is 4.11. The summed E-state index contributed by atoms with van der Waals surface area (Å²) in [5.41, 5.74) is 0.463. The number of piperidine rings is 1. The highest BCUT2D eigenvalue weighted by atomic mass is 16.6. The lowest BCUT2D eigenvalue weighted by atomic mass is 10.0. The molecule has 0 aliphatic carbocycles. The van der Waals surface area contributed by atoms with Gasteiger partial charge in [0.05, 0.1) is 23.8 Å². The molecule has 0 aromatic heterocycles. The SMILES string of the molecule is COc1cc([N+](=O)[O-])ccc1N1CCC(N2CCN(C(=O)OC(C)(C)C)CC2)CC1. The Morgan fingerprint density at radius 2 is 1.73 bits per heavy atom. The first-order valence-electron chi connectivity index (χ1n) is 10.5. The number of nitro groups is 1. The van der Waals surface area contributed by atoms with Crippen molar-refractivity contribution in [1.29, 1.82) is 0 Å². The van der Waals surface area contributed by atoms with Crippen molar-refractivity contribution < 1.29 is 19.2 Å². The largest absolute Gasteiger partial charge is 0.494 e. The van der Waals surface area contributed by atoms with Crippen molar-refractivity contribution in [3.05, 3.63) is 28.3 Å². The van der Waals surface area contributed by atoms with Crippen LogP contribution in [-0.2, 0) is 4.74 Å². The van der Waals surface area contributed by atoms with Crippen molar-refractivity contribution in [3.63, 3.8) is 0 Å². The normalized spacial score (nSPS) is 18.9. The van der Waals surface area contributed by atoms with Gasteiger partial charge < -0.3 is 19.3 Å². The van der Waals surface area contributed by atoms with Crippen LogP contribution in [0.4, 0.5) is 16.2 Å². The number of amides is 1. The van der Waals surface area contributed by atoms with Gasteiger partial charge in [-0.3, -0.25) is 15.0 Å². The Morgan fingerprint density at radius 1 is 1.10 bits per heavy atom. The van der Waals surface area contributed by atoms with E-state index in [2.05, 4.69) is 9.80 Å². The van der Waals surface area contributed by atoms with Gasteiger partial charge in [-0.25, -0.2) is 4.79 Å². The Bertz CT molecular complexity index is 763. The second-order valence-corrected chi connectivity index (χ2v) is 8.83. The third-order valence-electron chi connectivity index (χ3n) is 5.66. The van der Waals surface area contributed by atoms with Gasteiger partial charge in [0.1, 0.15) is 11.4 Å². The summed E-state index contributed by atoms with van der Waals surface area (Å²) in [4.78, 5) is 29.3. The van der Waals surface area contributed by atoms with Crippen LogP contribution in [0.3, 0.4) is 0 Å². The number of methoxy groups -OCH3 is 1. The van der Waals surface area contributed by atoms with Crippen molar-refractivity contribution >= 4 is 17.5 Å². The fraction of sp³-hybridized carbons (Fsp3) is 0.667. The topological polar surface area (TPSA) is 88.4 Å². The quantitative estimate of drug-likeness (QED) is 0.546. The van der Waals surface area contributed by atoms with Crippen molar-refractivity contribution in [3.8, 4) is 5.75 Å². The van der Waals surface area contributed by atoms with Crippen molar-refractivity contribution in [2.45, 2.75) is 45.3 Å². The molecule has 0 saturated carbocycles. The maximum atomic E-state index is 12.2. The number of ether oxygens (including phenoxy) is 2. The van der Waals surface area contributed by atoms with E-state index in [-0.39, 0.29) is 11.8 Å². The molecule has 1 amide bonds. The lowest BCUT2D eigenvalue weighted by Crippen LogP contribution is -2.55. The molecule has 2 aliphatic heterocycles. The van der Waals surface area contributed by atoms with E-state index in [1.807, 2.05) is 20.8 Å². The van der Waals surface area contributed by atoms with E-state index < -0.39 is 10.5 Å². The van der Waals surface area contributed by atoms with E-state index >= 15 is 0 Å². The highest BCUT2D eigenvalue weighted by Crippen LogP contribution is 2.34. The number of rotatable bonds is 4. The van der Waals surface area contributed by atoms with Crippen LogP contribution in [0.2, 0.25) is 0 Å². The average molecular weight is 421 g/mol. The third-order valence-corrected chi connectivity index (χ3v) is 5.66. The number of hydrogen-bond donors (Lipinski definition) is 0. The first kappa shape index (κ1) is 22.1. The molecule has 30 heavy (non-hydrogen) atoms. The van der Waals surface area contributed by atoms with E-state index in [0.717, 1.165) is 44.7 Å². The monoisotopic (exact) mass is 420 g/mol. The third kappa shape index (κ3) is 5.33. The van der Waals surface area contributed by atoms with Crippen LogP contribution in [-0.4, -0.2) is 78.8 Å². The molecule has 2 heterocycles. The molecule has 2 saturated heterocycles. The maximum absolute atomic E-state index is 12.2. The number of anilines is 1. The van der Waals surface area contributed by atoms with Crippen LogP contribution in [0.1, 0.15) is 33.6 Å². The maximum Gasteiger partial charge on any atom is 0.410 e. The molecular weight excluding hydrogens is 388 g/mol. The zero-order valence-electron chi connectivity index (χ0n) is 18.3. The molecular formula is C21H32N4O5. The number of piperazine rings is 1. The van der Waals surface area contributed by atoms with Gasteiger partial charge in [0.2, 0.25) is 0 Å². The van der Waals surface area contributed by atoms with Gasteiger partial charge in [-0.15, -0.1) is 0 Å². The summed E-state index contributed by atoms with van der Waals surface area (Å²) in [6.07, 6.45) is 1.78. The molecule has 0 unspecified atom stereocenters. The molecule has 2 aliphatic rings. The summed E-state index contributed by atoms with van der Waals surface area (Å²) in [6.45, 7) is 10.5. The molecule has 0 atom stereocenters. The fourth-order valence-electron chi connectivity index (χ4n) is 4.11. The summed E-state index contributed by atoms with van der Waals surface area (Å²) >= 11 is 0. The summed E-state index contributed by atoms with van der Waals surface area (Å²) in [5, 5.41) is 11.0. The molecule has 9 nitrogen and oxygen atoms in total. The lowest BCUT2D eigenvalue weighted by molar-refractivity contribution is -0.384. The number of nitrogens with zero attached hydrogens (tertiary/aromatic N) is 4. The molecule has 0 radical (unpaired) electrons. The minimum atomic E-state index is -0.472. The smallest absolute Gasteiger partial charge is 0.410 e. The summed E-state index contributed by atoms with van der Waals surface area (Å²) in [7, 11) is 1.54. The number of benzene rings is 1. The van der Waals surface area contributed by atoms with Gasteiger partial charge in [-0.05, 0) is 39.7 Å². The second kappa shape index (κ2) is 9.07. The number of non-ortho nitro benzene ring substituents is 1. The predicted molar refractivity (Wildman–Crippen MR) is 114 cm³/mol. The minimum Gasteiger partial charge on any atom is -0.494 e. The highest BCUT2D eigenvalue weighted by molar-refractivity contribution is 5.68. The van der Waals surface area contributed by atoms with Gasteiger partial charge in [0.15, 0.2) is 0 Å². The molecule has 166 valence electrons. The summed E-state index contributed by atoms with van der Waals surface area (Å²) < 4.78 is 10.9. The number of nitro benzene ring substituents is 1. The second-order valence-electron chi connectivity index (χ2n) is 8.83. The lowest BCUT2D eigenvalue weighted by Gasteiger charge is -2.43. The van der Waals surface area contributed by atoms with Crippen molar-refractivity contribution in [2.24, 2.45) is 0 Å². The zero-order chi connectivity index (χ0) is 21.9. The predicted octanol–water partition coefficient (Wildman–Crippen LogP) is 3.12. The van der Waals surface area contributed by atoms with Crippen LogP contribution < -0.4 is 9.64 Å². The number of carbonyl (C=O) groups is 1.